The summed E-state index contributed by atoms with van der Waals surface area (Å²) in [6, 6.07) is 27.5. The molecule has 1 atom stereocenters. The molecular weight excluding hydrogens is 406 g/mol. The fraction of sp³-hybridized carbons (Fsp3) is 0.120. The number of nitrogens with zero attached hydrogens (tertiary/aromatic N) is 3. The summed E-state index contributed by atoms with van der Waals surface area (Å²) in [4.78, 5) is 27.5. The van der Waals surface area contributed by atoms with Crippen LogP contribution in [0.15, 0.2) is 106 Å². The van der Waals surface area contributed by atoms with Crippen molar-refractivity contribution >= 4 is 5.70 Å². The van der Waals surface area contributed by atoms with Gasteiger partial charge in [-0.1, -0.05) is 78.9 Å². The molecule has 0 fully saturated rings. The first-order chi connectivity index (χ1) is 15.6. The summed E-state index contributed by atoms with van der Waals surface area (Å²) >= 11 is 0. The van der Waals surface area contributed by atoms with Gasteiger partial charge in [0.05, 0.1) is 12.8 Å². The molecule has 0 spiro atoms. The van der Waals surface area contributed by atoms with Gasteiger partial charge in [-0.25, -0.2) is 14.2 Å². The Morgan fingerprint density at radius 2 is 1.28 bits per heavy atom. The molecule has 2 heterocycles. The minimum absolute atomic E-state index is 0.354. The molecule has 160 valence electrons. The van der Waals surface area contributed by atoms with Gasteiger partial charge in [-0.2, -0.15) is 9.36 Å². The molecule has 3 aromatic carbocycles. The summed E-state index contributed by atoms with van der Waals surface area (Å²) in [5, 5.41) is 0. The maximum absolute atomic E-state index is 13.8. The lowest BCUT2D eigenvalue weighted by Crippen LogP contribution is -2.45. The fourth-order valence-corrected chi connectivity index (χ4v) is 4.36. The lowest BCUT2D eigenvalue weighted by atomic mass is 9.98. The Hall–Kier alpha value is -4.10. The second-order valence-corrected chi connectivity index (χ2v) is 7.32. The first-order valence-corrected chi connectivity index (χ1v) is 10.1. The standard InChI is InChI=1S/C25H21N3O4/c1-31-22-21(18-12-6-3-7-13-18)27-23(29)26(20-16-10-5-11-17-20)24(30)28(27)25(22,32-2)19-14-8-4-9-15-19/h3-17H,1-2H3. The third-order valence-electron chi connectivity index (χ3n) is 5.70. The number of benzene rings is 3. The van der Waals surface area contributed by atoms with Gasteiger partial charge >= 0.3 is 11.4 Å². The van der Waals surface area contributed by atoms with Crippen LogP contribution in [0.4, 0.5) is 0 Å². The molecular formula is C25H21N3O4. The van der Waals surface area contributed by atoms with Crippen molar-refractivity contribution in [2.75, 3.05) is 14.2 Å². The minimum Gasteiger partial charge on any atom is -0.493 e. The lowest BCUT2D eigenvalue weighted by Gasteiger charge is -2.30. The molecule has 0 saturated carbocycles. The zero-order valence-corrected chi connectivity index (χ0v) is 17.6. The summed E-state index contributed by atoms with van der Waals surface area (Å²) in [5.74, 6) is 0.354. The zero-order valence-electron chi connectivity index (χ0n) is 17.6. The Bertz CT molecular complexity index is 1420. The molecule has 32 heavy (non-hydrogen) atoms. The van der Waals surface area contributed by atoms with Crippen molar-refractivity contribution in [3.8, 4) is 5.69 Å². The van der Waals surface area contributed by atoms with E-state index in [9.17, 15) is 9.59 Å². The molecule has 0 amide bonds. The van der Waals surface area contributed by atoms with Crippen molar-refractivity contribution in [2.24, 2.45) is 0 Å². The van der Waals surface area contributed by atoms with E-state index in [4.69, 9.17) is 9.47 Å². The highest BCUT2D eigenvalue weighted by Gasteiger charge is 2.52. The van der Waals surface area contributed by atoms with Crippen molar-refractivity contribution in [1.82, 2.24) is 13.9 Å². The van der Waals surface area contributed by atoms with Gasteiger partial charge in [0.1, 0.15) is 5.70 Å². The molecule has 1 aliphatic rings. The summed E-state index contributed by atoms with van der Waals surface area (Å²) in [7, 11) is 3.02. The number of rotatable bonds is 5. The van der Waals surface area contributed by atoms with Crippen LogP contribution in [0, 0.1) is 0 Å². The van der Waals surface area contributed by atoms with Crippen LogP contribution in [0.2, 0.25) is 0 Å². The average Bonchev–Trinajstić information content (AvgIpc) is 3.30. The zero-order chi connectivity index (χ0) is 22.3. The SMILES string of the molecule is COC1=C(c2ccccc2)n2c(=O)n(-c3ccccc3)c(=O)n2C1(OC)c1ccccc1. The molecule has 7 nitrogen and oxygen atoms in total. The van der Waals surface area contributed by atoms with Crippen molar-refractivity contribution < 1.29 is 9.47 Å². The van der Waals surface area contributed by atoms with Crippen LogP contribution < -0.4 is 11.4 Å². The van der Waals surface area contributed by atoms with Gasteiger partial charge in [-0.3, -0.25) is 0 Å². The monoisotopic (exact) mass is 427 g/mol. The second-order valence-electron chi connectivity index (χ2n) is 7.32. The van der Waals surface area contributed by atoms with E-state index in [1.807, 2.05) is 66.7 Å². The molecule has 1 aliphatic heterocycles. The van der Waals surface area contributed by atoms with Crippen LogP contribution in [-0.4, -0.2) is 28.2 Å². The third kappa shape index (κ3) is 2.58. The predicted molar refractivity (Wildman–Crippen MR) is 121 cm³/mol. The van der Waals surface area contributed by atoms with E-state index in [-0.39, 0.29) is 0 Å². The number of hydrogen-bond donors (Lipinski definition) is 0. The largest absolute Gasteiger partial charge is 0.493 e. The Labute approximate surface area is 184 Å². The van der Waals surface area contributed by atoms with E-state index in [1.54, 1.807) is 24.3 Å². The number of hydrogen-bond acceptors (Lipinski definition) is 4. The molecule has 1 unspecified atom stereocenters. The Kier molecular flexibility index (Phi) is 4.68. The van der Waals surface area contributed by atoms with Gasteiger partial charge in [-0.15, -0.1) is 0 Å². The van der Waals surface area contributed by atoms with Crippen LogP contribution >= 0.6 is 0 Å². The normalized spacial score (nSPS) is 17.4. The highest BCUT2D eigenvalue weighted by Crippen LogP contribution is 2.43. The van der Waals surface area contributed by atoms with Crippen LogP contribution in [0.1, 0.15) is 11.1 Å². The van der Waals surface area contributed by atoms with E-state index in [1.165, 1.54) is 23.6 Å². The Balaban J connectivity index is 1.96. The summed E-state index contributed by atoms with van der Waals surface area (Å²) in [6.45, 7) is 0. The van der Waals surface area contributed by atoms with Crippen LogP contribution in [0.25, 0.3) is 11.4 Å². The van der Waals surface area contributed by atoms with Crippen LogP contribution in [0.3, 0.4) is 0 Å². The van der Waals surface area contributed by atoms with E-state index < -0.39 is 17.1 Å². The number of methoxy groups -OCH3 is 2. The van der Waals surface area contributed by atoms with Gasteiger partial charge in [-0.05, 0) is 12.1 Å². The maximum atomic E-state index is 13.8. The molecule has 1 aromatic heterocycles. The molecule has 0 aliphatic carbocycles. The summed E-state index contributed by atoms with van der Waals surface area (Å²) in [5.41, 5.74) is -0.197. The quantitative estimate of drug-likeness (QED) is 0.491. The van der Waals surface area contributed by atoms with Crippen molar-refractivity contribution in [3.05, 3.63) is 129 Å². The van der Waals surface area contributed by atoms with Gasteiger partial charge in [0.25, 0.3) is 5.72 Å². The molecule has 0 bridgehead atoms. The second kappa shape index (κ2) is 7.55. The van der Waals surface area contributed by atoms with E-state index in [0.717, 1.165) is 10.1 Å². The summed E-state index contributed by atoms with van der Waals surface area (Å²) < 4.78 is 15.7. The molecule has 5 rings (SSSR count). The van der Waals surface area contributed by atoms with Gasteiger partial charge in [0.2, 0.25) is 0 Å². The molecule has 7 heteroatoms. The average molecular weight is 427 g/mol. The fourth-order valence-electron chi connectivity index (χ4n) is 4.36. The number of aromatic nitrogens is 3. The van der Waals surface area contributed by atoms with Crippen LogP contribution in [0.5, 0.6) is 0 Å². The van der Waals surface area contributed by atoms with E-state index in [0.29, 0.717) is 22.7 Å². The Morgan fingerprint density at radius 1 is 0.719 bits per heavy atom. The number of ether oxygens (including phenoxy) is 2. The molecule has 0 saturated heterocycles. The Morgan fingerprint density at radius 3 is 1.84 bits per heavy atom. The summed E-state index contributed by atoms with van der Waals surface area (Å²) in [6.07, 6.45) is 0. The van der Waals surface area contributed by atoms with Gasteiger partial charge in [0, 0.05) is 18.2 Å². The smallest absolute Gasteiger partial charge is 0.356 e. The molecule has 0 radical (unpaired) electrons. The highest BCUT2D eigenvalue weighted by molar-refractivity contribution is 5.71. The molecule has 0 N–H and O–H groups in total. The lowest BCUT2D eigenvalue weighted by molar-refractivity contribution is -0.0513. The minimum atomic E-state index is -1.46. The highest BCUT2D eigenvalue weighted by atomic mass is 16.6. The maximum Gasteiger partial charge on any atom is 0.356 e. The first kappa shape index (κ1) is 19.8. The molecule has 4 aromatic rings. The first-order valence-electron chi connectivity index (χ1n) is 10.1. The van der Waals surface area contributed by atoms with Crippen molar-refractivity contribution in [3.63, 3.8) is 0 Å². The topological polar surface area (TPSA) is 67.4 Å². The van der Waals surface area contributed by atoms with Gasteiger partial charge in [0.15, 0.2) is 5.76 Å². The van der Waals surface area contributed by atoms with Crippen molar-refractivity contribution in [1.29, 1.82) is 0 Å². The van der Waals surface area contributed by atoms with Gasteiger partial charge < -0.3 is 9.47 Å². The van der Waals surface area contributed by atoms with Crippen molar-refractivity contribution in [2.45, 2.75) is 5.72 Å². The third-order valence-corrected chi connectivity index (χ3v) is 5.70. The predicted octanol–water partition coefficient (Wildman–Crippen LogP) is 3.03. The van der Waals surface area contributed by atoms with E-state index >= 15 is 0 Å². The number of fused-ring (bicyclic) bond motifs is 1. The number of para-hydroxylation sites is 1. The van der Waals surface area contributed by atoms with Crippen LogP contribution in [-0.2, 0) is 15.2 Å². The van der Waals surface area contributed by atoms with E-state index in [2.05, 4.69) is 0 Å².